The van der Waals surface area contributed by atoms with Gasteiger partial charge in [0, 0.05) is 5.56 Å². The van der Waals surface area contributed by atoms with Gasteiger partial charge in [0.05, 0.1) is 57.5 Å². The van der Waals surface area contributed by atoms with E-state index >= 15 is 0 Å². The number of hydrazone groups is 1. The average Bonchev–Trinajstić information content (AvgIpc) is 3.21. The fourth-order valence-electron chi connectivity index (χ4n) is 3.43. The molecule has 0 aliphatic rings. The van der Waals surface area contributed by atoms with Crippen molar-refractivity contribution in [3.05, 3.63) is 69.6 Å². The Labute approximate surface area is 201 Å². The number of H-pyrrole nitrogens is 1. The standard InChI is InChI=1S/C24H26N4O7/c1-14(25-26-23(30)15-11-18(32-2)22(35-5)19(12-15)33-3)21-17(13-20(29)34-4)27-28(24(21)31)16-9-7-6-8-10-16/h6-12,27H,13H2,1-5H3,(H,26,30). The van der Waals surface area contributed by atoms with Gasteiger partial charge in [-0.05, 0) is 31.2 Å². The van der Waals surface area contributed by atoms with Crippen molar-refractivity contribution >= 4 is 17.6 Å². The summed E-state index contributed by atoms with van der Waals surface area (Å²) in [6, 6.07) is 11.8. The molecule has 1 amide bonds. The third-order valence-corrected chi connectivity index (χ3v) is 5.14. The van der Waals surface area contributed by atoms with Crippen LogP contribution in [0.5, 0.6) is 17.2 Å². The fraction of sp³-hybridized carbons (Fsp3) is 0.250. The number of aromatic nitrogens is 2. The number of carbonyl (C=O) groups is 2. The fourth-order valence-corrected chi connectivity index (χ4v) is 3.43. The summed E-state index contributed by atoms with van der Waals surface area (Å²) in [5, 5.41) is 7.04. The van der Waals surface area contributed by atoms with E-state index in [0.717, 1.165) is 0 Å². The number of carbonyl (C=O) groups excluding carboxylic acids is 2. The Morgan fingerprint density at radius 1 is 1.00 bits per heavy atom. The molecular weight excluding hydrogens is 456 g/mol. The van der Waals surface area contributed by atoms with Crippen molar-refractivity contribution in [3.8, 4) is 22.9 Å². The highest BCUT2D eigenvalue weighted by Gasteiger charge is 2.21. The van der Waals surface area contributed by atoms with Gasteiger partial charge in [-0.25, -0.2) is 10.1 Å². The molecule has 2 N–H and O–H groups in total. The molecule has 3 rings (SSSR count). The molecular formula is C24H26N4O7. The van der Waals surface area contributed by atoms with Crippen LogP contribution in [0.3, 0.4) is 0 Å². The zero-order valence-corrected chi connectivity index (χ0v) is 20.0. The number of para-hydroxylation sites is 1. The number of nitrogens with zero attached hydrogens (tertiary/aromatic N) is 2. The average molecular weight is 482 g/mol. The molecule has 2 aromatic carbocycles. The molecule has 0 radical (unpaired) electrons. The van der Waals surface area contributed by atoms with Crippen molar-refractivity contribution in [3.63, 3.8) is 0 Å². The Morgan fingerprint density at radius 2 is 1.63 bits per heavy atom. The number of amides is 1. The summed E-state index contributed by atoms with van der Waals surface area (Å²) < 4.78 is 21.9. The van der Waals surface area contributed by atoms with Crippen molar-refractivity contribution < 1.29 is 28.5 Å². The molecule has 184 valence electrons. The van der Waals surface area contributed by atoms with Gasteiger partial charge in [-0.2, -0.15) is 5.10 Å². The molecule has 0 atom stereocenters. The van der Waals surface area contributed by atoms with E-state index in [4.69, 9.17) is 18.9 Å². The lowest BCUT2D eigenvalue weighted by Gasteiger charge is -2.13. The number of rotatable bonds is 9. The van der Waals surface area contributed by atoms with Crippen LogP contribution in [0.15, 0.2) is 52.4 Å². The van der Waals surface area contributed by atoms with E-state index in [1.165, 1.54) is 45.3 Å². The summed E-state index contributed by atoms with van der Waals surface area (Å²) in [4.78, 5) is 37.9. The molecule has 1 aromatic heterocycles. The van der Waals surface area contributed by atoms with E-state index in [1.807, 2.05) is 6.07 Å². The number of hydrogen-bond acceptors (Lipinski definition) is 8. The SMILES string of the molecule is COC(=O)Cc1[nH]n(-c2ccccc2)c(=O)c1C(C)=NNC(=O)c1cc(OC)c(OC)c(OC)c1. The number of nitrogens with one attached hydrogen (secondary N) is 2. The molecule has 0 saturated carbocycles. The van der Waals surface area contributed by atoms with Crippen LogP contribution in [-0.4, -0.2) is 55.8 Å². The van der Waals surface area contributed by atoms with Crippen LogP contribution in [0.2, 0.25) is 0 Å². The topological polar surface area (TPSA) is 133 Å². The molecule has 0 saturated heterocycles. The molecule has 0 fully saturated rings. The van der Waals surface area contributed by atoms with E-state index < -0.39 is 17.4 Å². The first kappa shape index (κ1) is 25.1. The van der Waals surface area contributed by atoms with E-state index in [9.17, 15) is 14.4 Å². The Kier molecular flexibility index (Phi) is 7.92. The minimum absolute atomic E-state index is 0.143. The molecule has 0 bridgehead atoms. The zero-order chi connectivity index (χ0) is 25.5. The number of hydrogen-bond donors (Lipinski definition) is 2. The highest BCUT2D eigenvalue weighted by Crippen LogP contribution is 2.38. The van der Waals surface area contributed by atoms with Crippen LogP contribution >= 0.6 is 0 Å². The van der Waals surface area contributed by atoms with E-state index in [0.29, 0.717) is 28.6 Å². The molecule has 11 nitrogen and oxygen atoms in total. The first-order valence-corrected chi connectivity index (χ1v) is 10.5. The van der Waals surface area contributed by atoms with Crippen LogP contribution in [0, 0.1) is 0 Å². The third kappa shape index (κ3) is 5.35. The molecule has 0 unspecified atom stereocenters. The van der Waals surface area contributed by atoms with Crippen molar-refractivity contribution in [1.29, 1.82) is 0 Å². The monoisotopic (exact) mass is 482 g/mol. The van der Waals surface area contributed by atoms with Crippen molar-refractivity contribution in [1.82, 2.24) is 15.2 Å². The highest BCUT2D eigenvalue weighted by molar-refractivity contribution is 6.02. The Balaban J connectivity index is 1.97. The number of esters is 1. The maximum atomic E-state index is 13.2. The summed E-state index contributed by atoms with van der Waals surface area (Å²) in [7, 11) is 5.59. The van der Waals surface area contributed by atoms with Gasteiger partial charge in [-0.1, -0.05) is 18.2 Å². The Hall–Kier alpha value is -4.54. The van der Waals surface area contributed by atoms with Gasteiger partial charge < -0.3 is 18.9 Å². The van der Waals surface area contributed by atoms with Crippen molar-refractivity contribution in [2.45, 2.75) is 13.3 Å². The van der Waals surface area contributed by atoms with Crippen LogP contribution in [0.25, 0.3) is 5.69 Å². The molecule has 0 spiro atoms. The van der Waals surface area contributed by atoms with Crippen LogP contribution in [0.1, 0.15) is 28.5 Å². The van der Waals surface area contributed by atoms with Gasteiger partial charge >= 0.3 is 5.97 Å². The summed E-state index contributed by atoms with van der Waals surface area (Å²) in [6.45, 7) is 1.55. The number of benzene rings is 2. The smallest absolute Gasteiger partial charge is 0.311 e. The highest BCUT2D eigenvalue weighted by atomic mass is 16.5. The lowest BCUT2D eigenvalue weighted by atomic mass is 10.1. The molecule has 11 heteroatoms. The van der Waals surface area contributed by atoms with Gasteiger partial charge in [-0.15, -0.1) is 0 Å². The van der Waals surface area contributed by atoms with Gasteiger partial charge in [-0.3, -0.25) is 19.5 Å². The number of ether oxygens (including phenoxy) is 4. The maximum absolute atomic E-state index is 13.2. The second kappa shape index (κ2) is 11.1. The number of aromatic amines is 1. The Bertz CT molecular complexity index is 1280. The first-order valence-electron chi connectivity index (χ1n) is 10.5. The zero-order valence-electron chi connectivity index (χ0n) is 20.0. The molecule has 0 aliphatic heterocycles. The van der Waals surface area contributed by atoms with Gasteiger partial charge in [0.15, 0.2) is 11.5 Å². The third-order valence-electron chi connectivity index (χ3n) is 5.14. The summed E-state index contributed by atoms with van der Waals surface area (Å²) in [5.41, 5.74) is 3.40. The van der Waals surface area contributed by atoms with Crippen molar-refractivity contribution in [2.75, 3.05) is 28.4 Å². The maximum Gasteiger partial charge on any atom is 0.311 e. The van der Waals surface area contributed by atoms with E-state index in [1.54, 1.807) is 31.2 Å². The Morgan fingerprint density at radius 3 is 2.17 bits per heavy atom. The minimum Gasteiger partial charge on any atom is -0.493 e. The lowest BCUT2D eigenvalue weighted by Crippen LogP contribution is -2.24. The van der Waals surface area contributed by atoms with Crippen LogP contribution < -0.4 is 25.2 Å². The molecule has 35 heavy (non-hydrogen) atoms. The van der Waals surface area contributed by atoms with E-state index in [2.05, 4.69) is 15.6 Å². The normalized spacial score (nSPS) is 11.1. The van der Waals surface area contributed by atoms with Gasteiger partial charge in [0.1, 0.15) is 0 Å². The predicted octanol–water partition coefficient (Wildman–Crippen LogP) is 2.06. The van der Waals surface area contributed by atoms with E-state index in [-0.39, 0.29) is 23.3 Å². The predicted molar refractivity (Wildman–Crippen MR) is 128 cm³/mol. The van der Waals surface area contributed by atoms with Crippen molar-refractivity contribution in [2.24, 2.45) is 5.10 Å². The summed E-state index contributed by atoms with van der Waals surface area (Å²) in [6.07, 6.45) is -0.186. The number of methoxy groups -OCH3 is 4. The summed E-state index contributed by atoms with van der Waals surface area (Å²) >= 11 is 0. The second-order valence-electron chi connectivity index (χ2n) is 7.25. The second-order valence-corrected chi connectivity index (χ2v) is 7.25. The molecule has 0 aliphatic carbocycles. The molecule has 3 aromatic rings. The largest absolute Gasteiger partial charge is 0.493 e. The minimum atomic E-state index is -0.572. The van der Waals surface area contributed by atoms with Gasteiger partial charge in [0.25, 0.3) is 11.5 Å². The van der Waals surface area contributed by atoms with Crippen LogP contribution in [0.4, 0.5) is 0 Å². The first-order chi connectivity index (χ1) is 16.8. The van der Waals surface area contributed by atoms with Crippen LogP contribution in [-0.2, 0) is 16.0 Å². The summed E-state index contributed by atoms with van der Waals surface area (Å²) in [5.74, 6) is -0.171. The quantitative estimate of drug-likeness (QED) is 0.271. The lowest BCUT2D eigenvalue weighted by molar-refractivity contribution is -0.139. The van der Waals surface area contributed by atoms with Gasteiger partial charge in [0.2, 0.25) is 5.75 Å². The molecule has 1 heterocycles.